The summed E-state index contributed by atoms with van der Waals surface area (Å²) in [7, 11) is 1.63. The van der Waals surface area contributed by atoms with Crippen molar-refractivity contribution in [3.63, 3.8) is 0 Å². The minimum absolute atomic E-state index is 0. The van der Waals surface area contributed by atoms with Crippen molar-refractivity contribution in [3.05, 3.63) is 246 Å². The predicted molar refractivity (Wildman–Crippen MR) is 505 cm³/mol. The monoisotopic (exact) mass is 2290 g/mol. The first-order chi connectivity index (χ1) is 58.2. The van der Waals surface area contributed by atoms with Crippen molar-refractivity contribution in [2.75, 3.05) is 25.6 Å². The van der Waals surface area contributed by atoms with Gasteiger partial charge in [-0.25, -0.2) is 15.0 Å². The number of hydrogen-bond donors (Lipinski definition) is 7. The first-order valence-corrected chi connectivity index (χ1v) is 39.3. The third-order valence-electron chi connectivity index (χ3n) is 16.6. The average molecular weight is 2290 g/mol. The Morgan fingerprint density at radius 3 is 1.29 bits per heavy atom. The van der Waals surface area contributed by atoms with Crippen LogP contribution < -0.4 is 58.7 Å². The van der Waals surface area contributed by atoms with Gasteiger partial charge in [0.1, 0.15) is 28.0 Å². The van der Waals surface area contributed by atoms with Crippen molar-refractivity contribution >= 4 is 158 Å². The number of benzene rings is 3. The van der Waals surface area contributed by atoms with Gasteiger partial charge >= 0.3 is 44.6 Å². The molecule has 3 aromatic carbocycles. The minimum Gasteiger partial charge on any atom is -0.504 e. The van der Waals surface area contributed by atoms with E-state index in [1.165, 1.54) is 58.2 Å². The molecule has 744 valence electrons. The van der Waals surface area contributed by atoms with E-state index in [4.69, 9.17) is 69.3 Å². The van der Waals surface area contributed by atoms with Crippen LogP contribution in [0, 0.1) is 45.7 Å². The fraction of sp³-hybridized carbons (Fsp3) is 0.333. The Kier molecular flexibility index (Phi) is 55.1. The molecule has 1 saturated heterocycles. The topological polar surface area (TPSA) is 460 Å². The number of alkyl halides is 9. The molecular formula is C81H101B2Br4Cl2F9N14O21V2-2. The molecule has 0 spiro atoms. The molecule has 0 atom stereocenters. The van der Waals surface area contributed by atoms with Gasteiger partial charge < -0.3 is 102 Å². The number of anilines is 1. The number of fused-ring (bicyclic) bond motifs is 3. The Balaban J connectivity index is -0.000000737. The zero-order valence-corrected chi connectivity index (χ0v) is 81.4. The molecule has 14 rings (SSSR count). The maximum absolute atomic E-state index is 12.9. The Labute approximate surface area is 838 Å². The van der Waals surface area contributed by atoms with E-state index in [1.54, 1.807) is 68.9 Å². The van der Waals surface area contributed by atoms with E-state index in [9.17, 15) is 73.6 Å². The number of ether oxygens (including phenoxy) is 6. The van der Waals surface area contributed by atoms with Crippen molar-refractivity contribution in [1.82, 2.24) is 58.6 Å². The molecule has 10 aromatic heterocycles. The van der Waals surface area contributed by atoms with Crippen LogP contribution in [-0.2, 0) is 74.7 Å². The van der Waals surface area contributed by atoms with Gasteiger partial charge in [0.05, 0.1) is 40.2 Å². The summed E-state index contributed by atoms with van der Waals surface area (Å²) in [4.78, 5) is 86.5. The number of rotatable bonds is 15. The van der Waals surface area contributed by atoms with Crippen molar-refractivity contribution < 1.29 is 148 Å². The van der Waals surface area contributed by atoms with E-state index in [2.05, 4.69) is 118 Å². The van der Waals surface area contributed by atoms with E-state index in [0.29, 0.717) is 95.7 Å². The Hall–Kier alpha value is -9.47. The number of aryl methyl sites for hydroxylation is 5. The number of oxazole rings is 3. The van der Waals surface area contributed by atoms with E-state index in [-0.39, 0.29) is 174 Å². The largest absolute Gasteiger partial charge is 0.573 e. The molecule has 0 amide bonds. The van der Waals surface area contributed by atoms with Crippen LogP contribution in [-0.4, -0.2) is 149 Å². The van der Waals surface area contributed by atoms with Crippen LogP contribution in [0.4, 0.5) is 50.9 Å². The molecule has 13 aromatic rings. The molecule has 135 heavy (non-hydrogen) atoms. The summed E-state index contributed by atoms with van der Waals surface area (Å²) in [5.41, 5.74) is 6.15. The third-order valence-corrected chi connectivity index (χ3v) is 19.6. The third kappa shape index (κ3) is 37.4. The Morgan fingerprint density at radius 2 is 0.919 bits per heavy atom. The number of nitrogen functional groups attached to an aromatic ring is 1. The number of halogens is 15. The maximum Gasteiger partial charge on any atom is 0.573 e. The number of pyridine rings is 5. The van der Waals surface area contributed by atoms with Crippen LogP contribution in [0.15, 0.2) is 184 Å². The summed E-state index contributed by atoms with van der Waals surface area (Å²) < 4.78 is 171. The molecule has 11 heterocycles. The second kappa shape index (κ2) is 56.4. The molecule has 54 heteroatoms. The number of aromatic amines is 3. The fourth-order valence-electron chi connectivity index (χ4n) is 10.4. The quantitative estimate of drug-likeness (QED) is 0.0125. The summed E-state index contributed by atoms with van der Waals surface area (Å²) in [6.45, 7) is 22.4. The maximum atomic E-state index is 12.9. The molecular weight excluding hydrogens is 2190 g/mol. The molecule has 0 aliphatic carbocycles. The normalized spacial score (nSPS) is 11.8. The molecule has 1 aliphatic heterocycles. The van der Waals surface area contributed by atoms with Crippen molar-refractivity contribution in [1.29, 1.82) is 0 Å². The molecule has 0 bridgehead atoms. The van der Waals surface area contributed by atoms with E-state index >= 15 is 0 Å². The molecule has 1 aliphatic rings. The van der Waals surface area contributed by atoms with Gasteiger partial charge in [0.15, 0.2) is 56.7 Å². The number of hydrogen-bond acceptors (Lipinski definition) is 27. The second-order valence-electron chi connectivity index (χ2n) is 26.4. The molecule has 0 unspecified atom stereocenters. The van der Waals surface area contributed by atoms with Crippen LogP contribution in [0.3, 0.4) is 0 Å². The first kappa shape index (κ1) is 132. The van der Waals surface area contributed by atoms with Gasteiger partial charge in [-0.2, -0.15) is 10.2 Å². The zero-order chi connectivity index (χ0) is 93.3. The van der Waals surface area contributed by atoms with Gasteiger partial charge in [0.2, 0.25) is 0 Å². The van der Waals surface area contributed by atoms with Crippen molar-refractivity contribution in [3.8, 4) is 45.5 Å². The number of nitrogens with two attached hydrogens (primary N) is 1. The van der Waals surface area contributed by atoms with Crippen LogP contribution in [0.2, 0.25) is 5.02 Å². The Morgan fingerprint density at radius 1 is 0.556 bits per heavy atom. The average Bonchev–Trinajstić information content (AvgIpc) is 1.64. The van der Waals surface area contributed by atoms with Crippen molar-refractivity contribution in [2.45, 2.75) is 150 Å². The summed E-state index contributed by atoms with van der Waals surface area (Å²) in [5, 5.41) is 44.6. The SMILES string of the molecule is C.C.C.C.C.CCOC(C)(OCC)OCC.Cc1nc2c(=O)[nH]cc(Br)c2o1.Cc1nc2c(=O)n(-c3ccc(OC(F)(F)F)cc3)cc(-c3cnn(C)c3)c2o1.Cc1nc2c(=O)n(-c3ccc(OC(F)(F)F)cc3)cc(Br)c2o1.Cl.Cn1cc(B2OC(C)(C)C(C)(C)O2)cn1.Nc1c(O)c(Br)c[nH]c1=O.O=c1[nH]cc(Br)c(Cl)c1[N+](=O)[O-].OB(O)c1ccc(OC(F)(F)F)cc1.[CH3-].[CH3-].[V].[V]. The molecule has 2 radical (unpaired) electrons. The first-order valence-electron chi connectivity index (χ1n) is 35.8. The van der Waals surface area contributed by atoms with Crippen LogP contribution in [0.5, 0.6) is 23.0 Å². The van der Waals surface area contributed by atoms with Gasteiger partial charge in [-0.1, -0.05) is 60.9 Å². The molecule has 8 N–H and O–H groups in total. The van der Waals surface area contributed by atoms with Gasteiger partial charge in [0, 0.05) is 176 Å². The van der Waals surface area contributed by atoms with Crippen molar-refractivity contribution in [2.24, 2.45) is 14.1 Å². The summed E-state index contributed by atoms with van der Waals surface area (Å²) in [6, 6.07) is 14.2. The number of aromatic hydroxyl groups is 1. The number of H-pyrrole nitrogens is 3. The van der Waals surface area contributed by atoms with Gasteiger partial charge in [-0.05, 0) is 178 Å². The van der Waals surface area contributed by atoms with Crippen LogP contribution in [0.1, 0.15) is 110 Å². The second-order valence-corrected chi connectivity index (χ2v) is 30.2. The standard InChI is InChI=1S/C18H13F3N4O3.C14H8BrF3N2O3.C10H17BN2O2.C8H18O3.C7H6BF3O3.C7H5BrN2O2.C5H2BrClN2O3.C5H5BrN2O2.5CH4.2CH3.ClH.2V/c1-10-23-15-16(27-10)14(11-7-22-24(2)8-11)9-25(17(15)26)12-3-5-13(6-4-12)28-18(19,20)21;1-7-19-11-12(22-7)10(15)6-20(13(11)21)8-2-4-9(5-3-8)23-14(16,17)18;1-9(2)10(3,4)15-11(14-9)8-6-12-13(5)7-8;1-5-9-8(4,10-6-2)11-7-3;9-7(10,11)14-6-3-1-5(2-4-6)8(12)13;1-3-10-5-6(12-3)4(8)2-9-7(5)11;6-2-1-8-5(10)4(3(2)7)9(11)12;6-2-1-8-5(10)3(7)4(2)9;;;;;;;;;;/h3-9H,1-2H3;2-6H,1H3;6-7H,1-5H3;5-7H2,1-4H3;1-4,12-13H;2H,1H3,(H,9,11);1H,(H,8,10);1H,7H2,(H2,8,9,10);5*1H4;2*1H3;1H;;/q;;;;;;;;;;;;;2*-1;;;. The predicted octanol–water partition coefficient (Wildman–Crippen LogP) is 18.5. The van der Waals surface area contributed by atoms with Gasteiger partial charge in [-0.3, -0.25) is 52.6 Å². The van der Waals surface area contributed by atoms with Crippen LogP contribution in [0.25, 0.3) is 55.8 Å². The van der Waals surface area contributed by atoms with E-state index in [1.807, 2.05) is 61.7 Å². The molecule has 0 saturated carbocycles. The number of nitrogens with one attached hydrogen (secondary N) is 3. The summed E-state index contributed by atoms with van der Waals surface area (Å²) >= 11 is 17.9. The smallest absolute Gasteiger partial charge is 0.504 e. The minimum atomic E-state index is -4.79. The summed E-state index contributed by atoms with van der Waals surface area (Å²) in [5.74, 6) is -1.07. The summed E-state index contributed by atoms with van der Waals surface area (Å²) in [6.07, 6.45) is -0.101. The molecule has 35 nitrogen and oxygen atoms in total. The van der Waals surface area contributed by atoms with E-state index in [0.717, 1.165) is 54.0 Å². The molecule has 1 fully saturated rings. The zero-order valence-electron chi connectivity index (χ0n) is 70.7. The fourth-order valence-corrected chi connectivity index (χ4v) is 12.1. The number of nitro groups is 1. The van der Waals surface area contributed by atoms with E-state index < -0.39 is 70.8 Å². The number of nitrogens with zero attached hydrogens (tertiary/aromatic N) is 10. The van der Waals surface area contributed by atoms with Crippen LogP contribution >= 0.6 is 87.7 Å². The van der Waals surface area contributed by atoms with Gasteiger partial charge in [-0.15, -0.1) is 51.9 Å². The number of aromatic nitrogens is 12. The van der Waals surface area contributed by atoms with Gasteiger partial charge in [0.25, 0.3) is 28.2 Å². The Bertz CT molecular complexity index is 6180.